The molecule has 1 aromatic rings. The van der Waals surface area contributed by atoms with Gasteiger partial charge >= 0.3 is 0 Å². The molecule has 0 saturated carbocycles. The van der Waals surface area contributed by atoms with Crippen molar-refractivity contribution in [3.05, 3.63) is 21.3 Å². The molecule has 5 nitrogen and oxygen atoms in total. The molecule has 136 valence electrons. The van der Waals surface area contributed by atoms with E-state index >= 15 is 0 Å². The van der Waals surface area contributed by atoms with E-state index in [1.165, 1.54) is 7.11 Å². The maximum absolute atomic E-state index is 12.1. The largest absolute Gasteiger partial charge is 0.504 e. The van der Waals surface area contributed by atoms with Gasteiger partial charge in [0.2, 0.25) is 5.91 Å². The van der Waals surface area contributed by atoms with Crippen molar-refractivity contribution in [3.8, 4) is 11.5 Å². The zero-order chi connectivity index (χ0) is 18.3. The van der Waals surface area contributed by atoms with Crippen LogP contribution in [0.1, 0.15) is 52.0 Å². The van der Waals surface area contributed by atoms with Crippen LogP contribution in [-0.2, 0) is 11.2 Å². The number of carbonyl (C=O) groups excluding carboxylic acids is 1. The fourth-order valence-electron chi connectivity index (χ4n) is 2.45. The molecule has 0 aromatic heterocycles. The van der Waals surface area contributed by atoms with Crippen molar-refractivity contribution in [2.45, 2.75) is 64.5 Å². The molecule has 0 saturated heterocycles. The number of carbonyl (C=O) groups is 1. The van der Waals surface area contributed by atoms with Crippen molar-refractivity contribution in [2.75, 3.05) is 7.11 Å². The Hall–Kier alpha value is -1.02. The van der Waals surface area contributed by atoms with Gasteiger partial charge in [-0.05, 0) is 86.7 Å². The van der Waals surface area contributed by atoms with Crippen molar-refractivity contribution in [1.29, 1.82) is 0 Å². The number of methoxy groups -OCH3 is 1. The molecule has 24 heavy (non-hydrogen) atoms. The van der Waals surface area contributed by atoms with Crippen molar-refractivity contribution in [2.24, 2.45) is 0 Å². The first-order chi connectivity index (χ1) is 11.1. The van der Waals surface area contributed by atoms with Gasteiger partial charge < -0.3 is 20.3 Å². The van der Waals surface area contributed by atoms with E-state index in [2.05, 4.69) is 5.32 Å². The molecule has 1 unspecified atom stereocenters. The van der Waals surface area contributed by atoms with Gasteiger partial charge in [-0.15, -0.1) is 0 Å². The van der Waals surface area contributed by atoms with Crippen LogP contribution in [0.2, 0.25) is 0 Å². The van der Waals surface area contributed by atoms with Gasteiger partial charge in [-0.3, -0.25) is 4.79 Å². The zero-order valence-corrected chi connectivity index (χ0v) is 17.0. The van der Waals surface area contributed by atoms with E-state index in [1.54, 1.807) is 19.9 Å². The van der Waals surface area contributed by atoms with Crippen LogP contribution in [0.4, 0.5) is 0 Å². The number of aromatic hydroxyl groups is 1. The second-order valence-electron chi connectivity index (χ2n) is 6.80. The Labute approximate surface area is 157 Å². The van der Waals surface area contributed by atoms with Crippen molar-refractivity contribution in [3.63, 3.8) is 0 Å². The van der Waals surface area contributed by atoms with Crippen LogP contribution in [0, 0.1) is 3.57 Å². The fraction of sp³-hybridized carbons (Fsp3) is 0.611. The molecule has 3 N–H and O–H groups in total. The highest BCUT2D eigenvalue weighted by molar-refractivity contribution is 14.1. The summed E-state index contributed by atoms with van der Waals surface area (Å²) >= 11 is 2.05. The lowest BCUT2D eigenvalue weighted by Gasteiger charge is -2.19. The molecular weight excluding hydrogens is 421 g/mol. The molecule has 0 radical (unpaired) electrons. The third-order valence-corrected chi connectivity index (χ3v) is 4.60. The van der Waals surface area contributed by atoms with E-state index in [9.17, 15) is 15.0 Å². The number of hydrogen-bond acceptors (Lipinski definition) is 4. The summed E-state index contributed by atoms with van der Waals surface area (Å²) in [6, 6.07) is 3.71. The molecule has 0 bridgehead atoms. The minimum Gasteiger partial charge on any atom is -0.504 e. The number of ether oxygens (including phenoxy) is 1. The van der Waals surface area contributed by atoms with Gasteiger partial charge in [0.05, 0.1) is 16.3 Å². The summed E-state index contributed by atoms with van der Waals surface area (Å²) < 4.78 is 5.84. The summed E-state index contributed by atoms with van der Waals surface area (Å²) in [5.74, 6) is 0.567. The minimum absolute atomic E-state index is 0.00723. The lowest BCUT2D eigenvalue weighted by atomic mass is 9.99. The number of benzene rings is 1. The average molecular weight is 449 g/mol. The Morgan fingerprint density at radius 3 is 2.67 bits per heavy atom. The smallest absolute Gasteiger partial charge is 0.220 e. The van der Waals surface area contributed by atoms with Crippen LogP contribution < -0.4 is 10.1 Å². The number of rotatable bonds is 9. The predicted molar refractivity (Wildman–Crippen MR) is 103 cm³/mol. The maximum Gasteiger partial charge on any atom is 0.220 e. The molecule has 1 amide bonds. The molecule has 0 spiro atoms. The van der Waals surface area contributed by atoms with Crippen LogP contribution >= 0.6 is 22.6 Å². The van der Waals surface area contributed by atoms with Gasteiger partial charge in [0.25, 0.3) is 0 Å². The summed E-state index contributed by atoms with van der Waals surface area (Å²) in [5, 5.41) is 22.5. The molecule has 1 aromatic carbocycles. The number of phenols is 1. The summed E-state index contributed by atoms with van der Waals surface area (Å²) in [4.78, 5) is 12.1. The van der Waals surface area contributed by atoms with Gasteiger partial charge in [0.15, 0.2) is 11.5 Å². The van der Waals surface area contributed by atoms with Gasteiger partial charge in [-0.25, -0.2) is 0 Å². The number of aliphatic hydroxyl groups is 1. The number of nitrogens with one attached hydrogen (secondary N) is 1. The molecule has 1 rings (SSSR count). The van der Waals surface area contributed by atoms with Crippen LogP contribution in [-0.4, -0.2) is 34.9 Å². The number of amides is 1. The van der Waals surface area contributed by atoms with E-state index in [4.69, 9.17) is 4.74 Å². The number of hydrogen-bond donors (Lipinski definition) is 3. The summed E-state index contributed by atoms with van der Waals surface area (Å²) in [7, 11) is 1.51. The summed E-state index contributed by atoms with van der Waals surface area (Å²) in [6.07, 6.45) is 3.42. The first-order valence-corrected chi connectivity index (χ1v) is 9.27. The van der Waals surface area contributed by atoms with Gasteiger partial charge in [-0.1, -0.05) is 0 Å². The SMILES string of the molecule is COc1cc(CCC(=O)NC(C)CCCC(C)(C)O)cc(I)c1O. The van der Waals surface area contributed by atoms with E-state index in [1.807, 2.05) is 35.6 Å². The first-order valence-electron chi connectivity index (χ1n) is 8.19. The first kappa shape index (κ1) is 21.0. The highest BCUT2D eigenvalue weighted by atomic mass is 127. The number of halogens is 1. The van der Waals surface area contributed by atoms with Crippen molar-refractivity contribution < 1.29 is 19.7 Å². The van der Waals surface area contributed by atoms with Crippen LogP contribution in [0.25, 0.3) is 0 Å². The Morgan fingerprint density at radius 2 is 2.08 bits per heavy atom. The third-order valence-electron chi connectivity index (χ3n) is 3.78. The van der Waals surface area contributed by atoms with Crippen LogP contribution in [0.15, 0.2) is 12.1 Å². The quantitative estimate of drug-likeness (QED) is 0.506. The van der Waals surface area contributed by atoms with Crippen molar-refractivity contribution >= 4 is 28.5 Å². The zero-order valence-electron chi connectivity index (χ0n) is 14.9. The molecule has 6 heteroatoms. The standard InChI is InChI=1S/C18H28INO4/c1-12(6-5-9-18(2,3)23)20-16(21)8-7-13-10-14(19)17(22)15(11-13)24-4/h10-12,22-23H,5-9H2,1-4H3,(H,20,21). The van der Waals surface area contributed by atoms with Gasteiger partial charge in [0.1, 0.15) is 0 Å². The third kappa shape index (κ3) is 7.70. The lowest BCUT2D eigenvalue weighted by molar-refractivity contribution is -0.121. The normalized spacial score (nSPS) is 12.8. The van der Waals surface area contributed by atoms with E-state index < -0.39 is 5.60 Å². The molecular formula is C18H28INO4. The van der Waals surface area contributed by atoms with Gasteiger partial charge in [-0.2, -0.15) is 0 Å². The molecule has 0 aliphatic rings. The van der Waals surface area contributed by atoms with Crippen molar-refractivity contribution in [1.82, 2.24) is 5.32 Å². The predicted octanol–water partition coefficient (Wildman–Crippen LogP) is 3.38. The maximum atomic E-state index is 12.1. The molecule has 0 aliphatic heterocycles. The molecule has 1 atom stereocenters. The Bertz CT molecular complexity index is 555. The molecule has 0 fully saturated rings. The molecule has 0 aliphatic carbocycles. The van der Waals surface area contributed by atoms with Crippen LogP contribution in [0.3, 0.4) is 0 Å². The van der Waals surface area contributed by atoms with E-state index in [-0.39, 0.29) is 17.7 Å². The average Bonchev–Trinajstić information content (AvgIpc) is 2.46. The molecule has 0 heterocycles. The second kappa shape index (κ2) is 9.46. The fourth-order valence-corrected chi connectivity index (χ4v) is 3.11. The second-order valence-corrected chi connectivity index (χ2v) is 7.96. The van der Waals surface area contributed by atoms with E-state index in [0.717, 1.165) is 24.8 Å². The van der Waals surface area contributed by atoms with Crippen LogP contribution in [0.5, 0.6) is 11.5 Å². The Balaban J connectivity index is 2.42. The summed E-state index contributed by atoms with van der Waals surface area (Å²) in [5.41, 5.74) is 0.303. The topological polar surface area (TPSA) is 78.8 Å². The minimum atomic E-state index is -0.654. The monoisotopic (exact) mass is 449 g/mol. The highest BCUT2D eigenvalue weighted by Crippen LogP contribution is 2.32. The lowest BCUT2D eigenvalue weighted by Crippen LogP contribution is -2.33. The highest BCUT2D eigenvalue weighted by Gasteiger charge is 2.14. The number of phenolic OH excluding ortho intramolecular Hbond substituents is 1. The van der Waals surface area contributed by atoms with E-state index in [0.29, 0.717) is 22.2 Å². The Kier molecular flexibility index (Phi) is 8.29. The summed E-state index contributed by atoms with van der Waals surface area (Å²) in [6.45, 7) is 5.57. The Morgan fingerprint density at radius 1 is 1.42 bits per heavy atom. The van der Waals surface area contributed by atoms with Gasteiger partial charge in [0, 0.05) is 12.5 Å². The number of aryl methyl sites for hydroxylation is 1.